The number of aromatic nitrogens is 3. The lowest BCUT2D eigenvalue weighted by molar-refractivity contribution is -0.125. The van der Waals surface area contributed by atoms with Crippen molar-refractivity contribution in [1.82, 2.24) is 20.1 Å². The topological polar surface area (TPSA) is 80.0 Å². The van der Waals surface area contributed by atoms with E-state index in [1.165, 1.54) is 6.08 Å². The molecule has 0 bridgehead atoms. The summed E-state index contributed by atoms with van der Waals surface area (Å²) in [5.41, 5.74) is 2.67. The van der Waals surface area contributed by atoms with Crippen LogP contribution in [0, 0.1) is 5.41 Å². The van der Waals surface area contributed by atoms with Gasteiger partial charge in [0.15, 0.2) is 11.0 Å². The quantitative estimate of drug-likeness (QED) is 0.300. The van der Waals surface area contributed by atoms with E-state index >= 15 is 0 Å². The van der Waals surface area contributed by atoms with Gasteiger partial charge in [-0.15, -0.1) is 10.2 Å². The zero-order valence-electron chi connectivity index (χ0n) is 20.0. The highest BCUT2D eigenvalue weighted by Crippen LogP contribution is 2.38. The third kappa shape index (κ3) is 4.28. The summed E-state index contributed by atoms with van der Waals surface area (Å²) in [6.07, 6.45) is 6.22. The number of allylic oxidation sites excluding steroid dienone is 3. The number of rotatable bonds is 8. The highest BCUT2D eigenvalue weighted by atomic mass is 32.2. The van der Waals surface area contributed by atoms with Gasteiger partial charge in [-0.1, -0.05) is 62.0 Å². The van der Waals surface area contributed by atoms with Crippen molar-refractivity contribution in [2.24, 2.45) is 5.41 Å². The fourth-order valence-corrected chi connectivity index (χ4v) is 4.95. The molecule has 0 saturated carbocycles. The lowest BCUT2D eigenvalue weighted by Gasteiger charge is -2.19. The number of aliphatic hydroxyl groups excluding tert-OH is 1. The Hall–Kier alpha value is -3.32. The van der Waals surface area contributed by atoms with E-state index in [4.69, 9.17) is 0 Å². The second-order valence-corrected chi connectivity index (χ2v) is 9.80. The number of carbonyl (C=O) groups is 1. The van der Waals surface area contributed by atoms with Gasteiger partial charge < -0.3 is 10.4 Å². The first-order valence-corrected chi connectivity index (χ1v) is 12.5. The van der Waals surface area contributed by atoms with Crippen LogP contribution in [-0.2, 0) is 4.79 Å². The average Bonchev–Trinajstić information content (AvgIpc) is 3.34. The molecule has 2 N–H and O–H groups in total. The Labute approximate surface area is 204 Å². The summed E-state index contributed by atoms with van der Waals surface area (Å²) < 4.78 is 2.14. The molecule has 0 spiro atoms. The van der Waals surface area contributed by atoms with Gasteiger partial charge in [-0.05, 0) is 61.4 Å². The Morgan fingerprint density at radius 1 is 1.15 bits per heavy atom. The molecule has 1 aliphatic rings. The summed E-state index contributed by atoms with van der Waals surface area (Å²) in [6.45, 7) is 8.00. The molecule has 0 saturated heterocycles. The van der Waals surface area contributed by atoms with E-state index in [-0.39, 0.29) is 5.91 Å². The number of amides is 1. The van der Waals surface area contributed by atoms with E-state index in [2.05, 4.69) is 64.3 Å². The van der Waals surface area contributed by atoms with Crippen molar-refractivity contribution in [3.05, 3.63) is 78.0 Å². The summed E-state index contributed by atoms with van der Waals surface area (Å²) in [7, 11) is 0. The van der Waals surface area contributed by atoms with Gasteiger partial charge in [0.1, 0.15) is 0 Å². The number of nitrogens with zero attached hydrogens (tertiary/aromatic N) is 3. The van der Waals surface area contributed by atoms with Crippen molar-refractivity contribution in [2.45, 2.75) is 45.7 Å². The predicted octanol–water partition coefficient (Wildman–Crippen LogP) is 6.20. The molecule has 34 heavy (non-hydrogen) atoms. The Bertz CT molecular complexity index is 1310. The number of fused-ring (bicyclic) bond motifs is 1. The molecule has 0 unspecified atom stereocenters. The molecule has 7 heteroatoms. The van der Waals surface area contributed by atoms with E-state index in [1.807, 2.05) is 32.1 Å². The van der Waals surface area contributed by atoms with Crippen LogP contribution in [0.3, 0.4) is 0 Å². The van der Waals surface area contributed by atoms with E-state index in [0.717, 1.165) is 57.0 Å². The summed E-state index contributed by atoms with van der Waals surface area (Å²) in [6, 6.07) is 14.6. The summed E-state index contributed by atoms with van der Waals surface area (Å²) in [4.78, 5) is 12.6. The van der Waals surface area contributed by atoms with Crippen LogP contribution in [0.4, 0.5) is 0 Å². The number of hydrogen-bond donors (Lipinski definition) is 2. The first-order valence-electron chi connectivity index (χ1n) is 11.6. The first kappa shape index (κ1) is 23.8. The SMILES string of the molecule is CCCSc1nnc(/C(=C/C2=C(/C=C/O)NC(=O)C2(C)C)CC)n1-c1cccc2ccccc12. The van der Waals surface area contributed by atoms with Crippen molar-refractivity contribution in [3.8, 4) is 5.69 Å². The van der Waals surface area contributed by atoms with Gasteiger partial charge in [0.2, 0.25) is 5.91 Å². The first-order chi connectivity index (χ1) is 16.4. The van der Waals surface area contributed by atoms with Crippen molar-refractivity contribution in [3.63, 3.8) is 0 Å². The van der Waals surface area contributed by atoms with Crippen LogP contribution in [0.15, 0.2) is 77.3 Å². The standard InChI is InChI=1S/C27H30N4O2S/c1-5-16-34-26-30-29-24(31(26)23-13-9-11-19-10-7-8-12-20(19)23)18(6-2)17-21-22(14-15-32)28-25(33)27(21,3)4/h7-15,17,32H,5-6,16H2,1-4H3,(H,28,33)/b15-14+,18-17+. The number of benzene rings is 2. The number of thioether (sulfide) groups is 1. The Morgan fingerprint density at radius 2 is 1.91 bits per heavy atom. The second kappa shape index (κ2) is 9.89. The number of hydrogen-bond acceptors (Lipinski definition) is 5. The van der Waals surface area contributed by atoms with Crippen molar-refractivity contribution < 1.29 is 9.90 Å². The molecule has 0 atom stereocenters. The van der Waals surface area contributed by atoms with Gasteiger partial charge in [0.05, 0.1) is 17.4 Å². The van der Waals surface area contributed by atoms with Gasteiger partial charge in [-0.2, -0.15) is 0 Å². The third-order valence-electron chi connectivity index (χ3n) is 6.08. The lowest BCUT2D eigenvalue weighted by Crippen LogP contribution is -2.28. The number of carbonyl (C=O) groups excluding carboxylic acids is 1. The van der Waals surface area contributed by atoms with E-state index < -0.39 is 5.41 Å². The van der Waals surface area contributed by atoms with Crippen LogP contribution in [-0.4, -0.2) is 31.5 Å². The van der Waals surface area contributed by atoms with Crippen LogP contribution in [0.1, 0.15) is 46.4 Å². The summed E-state index contributed by atoms with van der Waals surface area (Å²) in [5.74, 6) is 1.60. The van der Waals surface area contributed by atoms with Crippen LogP contribution in [0.2, 0.25) is 0 Å². The number of aliphatic hydroxyl groups is 1. The lowest BCUT2D eigenvalue weighted by atomic mass is 9.83. The molecule has 0 fully saturated rings. The van der Waals surface area contributed by atoms with Gasteiger partial charge in [0.25, 0.3) is 0 Å². The molecule has 1 aliphatic heterocycles. The van der Waals surface area contributed by atoms with Crippen molar-refractivity contribution in [2.75, 3.05) is 5.75 Å². The van der Waals surface area contributed by atoms with Crippen LogP contribution in [0.25, 0.3) is 22.0 Å². The molecular formula is C27H30N4O2S. The van der Waals surface area contributed by atoms with Gasteiger partial charge >= 0.3 is 0 Å². The average molecular weight is 475 g/mol. The minimum Gasteiger partial charge on any atom is -0.516 e. The molecule has 0 aliphatic carbocycles. The molecule has 2 aromatic carbocycles. The van der Waals surface area contributed by atoms with E-state index in [9.17, 15) is 9.90 Å². The largest absolute Gasteiger partial charge is 0.516 e. The normalized spacial score (nSPS) is 16.1. The maximum Gasteiger partial charge on any atom is 0.234 e. The van der Waals surface area contributed by atoms with E-state index in [0.29, 0.717) is 12.1 Å². The Kier molecular flexibility index (Phi) is 6.93. The molecule has 2 heterocycles. The number of nitrogens with one attached hydrogen (secondary N) is 1. The summed E-state index contributed by atoms with van der Waals surface area (Å²) in [5, 5.41) is 24.6. The smallest absolute Gasteiger partial charge is 0.234 e. The molecule has 6 nitrogen and oxygen atoms in total. The molecule has 1 aromatic heterocycles. The van der Waals surface area contributed by atoms with Crippen molar-refractivity contribution >= 4 is 34.0 Å². The summed E-state index contributed by atoms with van der Waals surface area (Å²) >= 11 is 1.69. The van der Waals surface area contributed by atoms with Crippen LogP contribution in [0.5, 0.6) is 0 Å². The predicted molar refractivity (Wildman–Crippen MR) is 139 cm³/mol. The third-order valence-corrected chi connectivity index (χ3v) is 7.22. The fraction of sp³-hybridized carbons (Fsp3) is 0.296. The van der Waals surface area contributed by atoms with Crippen molar-refractivity contribution in [1.29, 1.82) is 0 Å². The zero-order valence-corrected chi connectivity index (χ0v) is 20.8. The van der Waals surface area contributed by atoms with Crippen LogP contribution >= 0.6 is 11.8 Å². The highest BCUT2D eigenvalue weighted by Gasteiger charge is 2.39. The monoisotopic (exact) mass is 474 g/mol. The van der Waals surface area contributed by atoms with Gasteiger partial charge in [0, 0.05) is 16.8 Å². The molecule has 3 aromatic rings. The zero-order chi connectivity index (χ0) is 24.3. The van der Waals surface area contributed by atoms with E-state index in [1.54, 1.807) is 11.8 Å². The fourth-order valence-electron chi connectivity index (χ4n) is 4.15. The van der Waals surface area contributed by atoms with Gasteiger partial charge in [-0.3, -0.25) is 9.36 Å². The highest BCUT2D eigenvalue weighted by molar-refractivity contribution is 7.99. The molecule has 4 rings (SSSR count). The minimum atomic E-state index is -0.737. The Morgan fingerprint density at radius 3 is 2.65 bits per heavy atom. The molecule has 176 valence electrons. The molecular weight excluding hydrogens is 444 g/mol. The van der Waals surface area contributed by atoms with Gasteiger partial charge in [-0.25, -0.2) is 0 Å². The molecule has 1 amide bonds. The van der Waals surface area contributed by atoms with Crippen LogP contribution < -0.4 is 5.32 Å². The second-order valence-electron chi connectivity index (χ2n) is 8.73. The Balaban J connectivity index is 1.95. The maximum atomic E-state index is 12.6. The molecule has 0 radical (unpaired) electrons. The maximum absolute atomic E-state index is 12.6. The minimum absolute atomic E-state index is 0.1000.